The van der Waals surface area contributed by atoms with Crippen LogP contribution in [-0.2, 0) is 16.2 Å². The van der Waals surface area contributed by atoms with Crippen molar-refractivity contribution in [3.05, 3.63) is 51.2 Å². The first kappa shape index (κ1) is 25.2. The molecule has 0 saturated carbocycles. The maximum Gasteiger partial charge on any atom is 0.417 e. The van der Waals surface area contributed by atoms with Crippen molar-refractivity contribution in [3.8, 4) is 17.7 Å². The van der Waals surface area contributed by atoms with Crippen molar-refractivity contribution in [2.45, 2.75) is 11.1 Å². The average molecular weight is 493 g/mol. The zero-order valence-electron chi connectivity index (χ0n) is 16.6. The van der Waals surface area contributed by atoms with Crippen molar-refractivity contribution in [1.29, 1.82) is 0 Å². The molecule has 0 amide bonds. The minimum absolute atomic E-state index is 0.0822. The molecule has 0 spiro atoms. The van der Waals surface area contributed by atoms with E-state index in [0.717, 1.165) is 24.3 Å². The number of aromatic nitrogens is 1. The molecular weight excluding hydrogens is 477 g/mol. The molecule has 2 aromatic rings. The zero-order valence-corrected chi connectivity index (χ0v) is 18.2. The number of alkyl halides is 3. The van der Waals surface area contributed by atoms with Crippen LogP contribution in [0.5, 0.6) is 5.88 Å². The lowest BCUT2D eigenvalue weighted by molar-refractivity contribution is -0.385. The van der Waals surface area contributed by atoms with Crippen LogP contribution in [0, 0.1) is 22.0 Å². The van der Waals surface area contributed by atoms with Gasteiger partial charge in [0.15, 0.2) is 6.61 Å². The highest BCUT2D eigenvalue weighted by molar-refractivity contribution is 7.89. The fraction of sp³-hybridized carbons (Fsp3) is 0.278. The number of rotatable bonds is 7. The van der Waals surface area contributed by atoms with Crippen molar-refractivity contribution >= 4 is 33.0 Å². The average Bonchev–Trinajstić information content (AvgIpc) is 2.69. The number of nitrogens with zero attached hydrogens (tertiary/aromatic N) is 3. The first-order chi connectivity index (χ1) is 14.8. The van der Waals surface area contributed by atoms with Crippen LogP contribution in [0.2, 0.25) is 5.02 Å². The van der Waals surface area contributed by atoms with Crippen LogP contribution in [0.4, 0.5) is 24.5 Å². The van der Waals surface area contributed by atoms with Gasteiger partial charge in [-0.3, -0.25) is 10.1 Å². The molecule has 0 aliphatic carbocycles. The third-order valence-electron chi connectivity index (χ3n) is 3.81. The molecule has 14 heteroatoms. The Labute approximate surface area is 186 Å². The number of halogens is 4. The molecule has 0 bridgehead atoms. The number of sulfonamides is 1. The Balaban J connectivity index is 2.03. The van der Waals surface area contributed by atoms with Gasteiger partial charge in [0.05, 0.1) is 27.7 Å². The number of ether oxygens (including phenoxy) is 1. The van der Waals surface area contributed by atoms with Crippen LogP contribution in [0.15, 0.2) is 35.4 Å². The highest BCUT2D eigenvalue weighted by Crippen LogP contribution is 2.34. The fourth-order valence-electron chi connectivity index (χ4n) is 2.27. The van der Waals surface area contributed by atoms with E-state index in [4.69, 9.17) is 16.3 Å². The number of nitro benzene ring substituents is 1. The molecule has 1 N–H and O–H groups in total. The minimum atomic E-state index is -4.56. The quantitative estimate of drug-likeness (QED) is 0.359. The number of nitro groups is 1. The van der Waals surface area contributed by atoms with Crippen molar-refractivity contribution in [2.75, 3.05) is 32.1 Å². The lowest BCUT2D eigenvalue weighted by Crippen LogP contribution is -2.24. The number of nitrogens with one attached hydrogen (secondary N) is 1. The van der Waals surface area contributed by atoms with Gasteiger partial charge < -0.3 is 9.64 Å². The molecule has 32 heavy (non-hydrogen) atoms. The van der Waals surface area contributed by atoms with Crippen LogP contribution in [0.25, 0.3) is 0 Å². The van der Waals surface area contributed by atoms with E-state index in [0.29, 0.717) is 6.20 Å². The summed E-state index contributed by atoms with van der Waals surface area (Å²) in [5.74, 6) is 4.87. The van der Waals surface area contributed by atoms with Crippen molar-refractivity contribution in [1.82, 2.24) is 9.71 Å². The molecule has 0 aliphatic rings. The maximum absolute atomic E-state index is 12.8. The SMILES string of the molecule is CN(C)c1cc(C(F)(F)F)cnc1OCC#CCNS(=O)(=O)c1cc([N+](=O)[O-])ccc1Cl. The summed E-state index contributed by atoms with van der Waals surface area (Å²) in [6, 6.07) is 3.86. The van der Waals surface area contributed by atoms with Crippen LogP contribution in [0.1, 0.15) is 5.56 Å². The van der Waals surface area contributed by atoms with E-state index >= 15 is 0 Å². The van der Waals surface area contributed by atoms with E-state index in [1.165, 1.54) is 19.0 Å². The van der Waals surface area contributed by atoms with E-state index in [9.17, 15) is 31.7 Å². The Kier molecular flexibility index (Phi) is 7.89. The topological polar surface area (TPSA) is 115 Å². The lowest BCUT2D eigenvalue weighted by atomic mass is 10.2. The number of anilines is 1. The second-order valence-electron chi connectivity index (χ2n) is 6.28. The van der Waals surface area contributed by atoms with Gasteiger partial charge in [0.2, 0.25) is 15.9 Å². The third kappa shape index (κ3) is 6.46. The summed E-state index contributed by atoms with van der Waals surface area (Å²) in [6.45, 7) is -0.649. The van der Waals surface area contributed by atoms with Crippen LogP contribution in [0.3, 0.4) is 0 Å². The molecule has 9 nitrogen and oxygen atoms in total. The maximum atomic E-state index is 12.8. The number of non-ortho nitro benzene ring substituents is 1. The van der Waals surface area contributed by atoms with E-state index in [1.54, 1.807) is 0 Å². The van der Waals surface area contributed by atoms with Crippen molar-refractivity contribution in [2.24, 2.45) is 0 Å². The predicted octanol–water partition coefficient (Wildman–Crippen LogP) is 3.09. The molecule has 0 radical (unpaired) electrons. The monoisotopic (exact) mass is 492 g/mol. The second-order valence-corrected chi connectivity index (χ2v) is 8.42. The van der Waals surface area contributed by atoms with Gasteiger partial charge in [-0.05, 0) is 12.1 Å². The molecule has 1 aromatic carbocycles. The molecule has 0 saturated heterocycles. The Morgan fingerprint density at radius 3 is 2.56 bits per heavy atom. The summed E-state index contributed by atoms with van der Waals surface area (Å²) in [6.07, 6.45) is -3.93. The first-order valence-corrected chi connectivity index (χ1v) is 10.5. The Morgan fingerprint density at radius 1 is 1.28 bits per heavy atom. The molecule has 0 fully saturated rings. The van der Waals surface area contributed by atoms with Gasteiger partial charge in [-0.2, -0.15) is 17.9 Å². The Hall–Kier alpha value is -3.08. The van der Waals surface area contributed by atoms with E-state index < -0.39 is 37.3 Å². The van der Waals surface area contributed by atoms with E-state index in [1.807, 2.05) is 0 Å². The first-order valence-electron chi connectivity index (χ1n) is 8.59. The number of pyridine rings is 1. The number of benzene rings is 1. The third-order valence-corrected chi connectivity index (χ3v) is 5.70. The molecule has 0 unspecified atom stereocenters. The van der Waals surface area contributed by atoms with Crippen molar-refractivity contribution < 1.29 is 31.2 Å². The molecular formula is C18H16ClF3N4O5S. The summed E-state index contributed by atoms with van der Waals surface area (Å²) >= 11 is 5.82. The van der Waals surface area contributed by atoms with Crippen molar-refractivity contribution in [3.63, 3.8) is 0 Å². The van der Waals surface area contributed by atoms with Gasteiger partial charge in [-0.15, -0.1) is 0 Å². The van der Waals surface area contributed by atoms with E-state index in [2.05, 4.69) is 21.5 Å². The van der Waals surface area contributed by atoms with Crippen LogP contribution >= 0.6 is 11.6 Å². The smallest absolute Gasteiger partial charge is 0.417 e. The Bertz CT molecular complexity index is 1180. The number of hydrogen-bond acceptors (Lipinski definition) is 7. The van der Waals surface area contributed by atoms with Gasteiger partial charge in [-0.25, -0.2) is 13.4 Å². The summed E-state index contributed by atoms with van der Waals surface area (Å²) in [4.78, 5) is 14.6. The summed E-state index contributed by atoms with van der Waals surface area (Å²) < 4.78 is 70.5. The molecule has 1 aromatic heterocycles. The van der Waals surface area contributed by atoms with Gasteiger partial charge in [0, 0.05) is 32.4 Å². The van der Waals surface area contributed by atoms with Gasteiger partial charge >= 0.3 is 6.18 Å². The van der Waals surface area contributed by atoms with Gasteiger partial charge in [0.1, 0.15) is 4.90 Å². The molecule has 1 heterocycles. The summed E-state index contributed by atoms with van der Waals surface area (Å²) in [5.41, 5.74) is -1.30. The molecule has 0 aliphatic heterocycles. The van der Waals surface area contributed by atoms with E-state index in [-0.39, 0.29) is 29.7 Å². The highest BCUT2D eigenvalue weighted by atomic mass is 35.5. The summed E-state index contributed by atoms with van der Waals surface area (Å²) in [7, 11) is -1.14. The minimum Gasteiger partial charge on any atom is -0.463 e. The fourth-order valence-corrected chi connectivity index (χ4v) is 3.71. The highest BCUT2D eigenvalue weighted by Gasteiger charge is 2.32. The zero-order chi connectivity index (χ0) is 24.1. The molecule has 2 rings (SSSR count). The molecule has 172 valence electrons. The second kappa shape index (κ2) is 10.0. The van der Waals surface area contributed by atoms with Gasteiger partial charge in [0.25, 0.3) is 5.69 Å². The standard InChI is InChI=1S/C18H16ClF3N4O5S/c1-25(2)15-9-12(18(20,21)22)11-23-17(15)31-8-4-3-7-24-32(29,30)16-10-13(26(27)28)5-6-14(16)19/h5-6,9-11,24H,7-8H2,1-2H3. The number of hydrogen-bond donors (Lipinski definition) is 1. The Morgan fingerprint density at radius 2 is 1.97 bits per heavy atom. The lowest BCUT2D eigenvalue weighted by Gasteiger charge is -2.18. The largest absolute Gasteiger partial charge is 0.463 e. The van der Waals surface area contributed by atoms with Crippen LogP contribution in [-0.4, -0.2) is 45.6 Å². The van der Waals surface area contributed by atoms with Gasteiger partial charge in [-0.1, -0.05) is 23.4 Å². The normalized spacial score (nSPS) is 11.4. The predicted molar refractivity (Wildman–Crippen MR) is 110 cm³/mol. The summed E-state index contributed by atoms with van der Waals surface area (Å²) in [5, 5.41) is 10.6. The van der Waals surface area contributed by atoms with Crippen LogP contribution < -0.4 is 14.4 Å². The molecule has 0 atom stereocenters.